The molecule has 4 nitrogen and oxygen atoms in total. The van der Waals surface area contributed by atoms with Crippen LogP contribution in [0.5, 0.6) is 0 Å². The zero-order valence-electron chi connectivity index (χ0n) is 9.41. The molecule has 4 N–H and O–H groups in total. The van der Waals surface area contributed by atoms with Crippen molar-refractivity contribution in [2.45, 2.75) is 38.6 Å². The number of primary amides is 1. The molecule has 0 radical (unpaired) electrons. The Morgan fingerprint density at radius 2 is 2.27 bits per heavy atom. The number of nitrogens with two attached hydrogens (primary N) is 1. The molecule has 0 heterocycles. The zero-order chi connectivity index (χ0) is 11.5. The quantitative estimate of drug-likeness (QED) is 0.388. The Morgan fingerprint density at radius 1 is 1.53 bits per heavy atom. The van der Waals surface area contributed by atoms with Gasteiger partial charge < -0.3 is 16.2 Å². The highest BCUT2D eigenvalue weighted by Crippen LogP contribution is 1.94. The monoisotopic (exact) mass is 214 g/mol. The Kier molecular flexibility index (Phi) is 9.11. The average Bonchev–Trinajstić information content (AvgIpc) is 2.21. The van der Waals surface area contributed by atoms with E-state index in [-0.39, 0.29) is 12.5 Å². The smallest absolute Gasteiger partial charge is 0.238 e. The van der Waals surface area contributed by atoms with E-state index < -0.39 is 6.04 Å². The van der Waals surface area contributed by atoms with Crippen molar-refractivity contribution in [2.24, 2.45) is 5.73 Å². The molecule has 1 amide bonds. The summed E-state index contributed by atoms with van der Waals surface area (Å²) in [6.45, 7) is 3.02. The molecule has 0 fully saturated rings. The molecule has 88 valence electrons. The summed E-state index contributed by atoms with van der Waals surface area (Å²) in [6, 6.07) is -0.409. The van der Waals surface area contributed by atoms with E-state index in [1.807, 2.05) is 0 Å². The number of nitrogens with one attached hydrogen (secondary N) is 1. The standard InChI is InChI=1S/C11H22N2O2/c1-2-3-5-8-13-10(11(12)15)7-4-6-9-14/h4,7,10,13-14H,2-3,5-6,8-9H2,1H3,(H2,12,15). The summed E-state index contributed by atoms with van der Waals surface area (Å²) in [4.78, 5) is 11.0. The number of unbranched alkanes of at least 4 members (excludes halogenated alkanes) is 2. The summed E-state index contributed by atoms with van der Waals surface area (Å²) in [5.74, 6) is -0.374. The van der Waals surface area contributed by atoms with Crippen LogP contribution in [-0.4, -0.2) is 30.2 Å². The van der Waals surface area contributed by atoms with Crippen LogP contribution >= 0.6 is 0 Å². The van der Waals surface area contributed by atoms with Crippen molar-refractivity contribution >= 4 is 5.91 Å². The maximum absolute atomic E-state index is 11.0. The van der Waals surface area contributed by atoms with Crippen molar-refractivity contribution in [3.63, 3.8) is 0 Å². The van der Waals surface area contributed by atoms with E-state index in [0.29, 0.717) is 6.42 Å². The molecule has 0 spiro atoms. The molecule has 15 heavy (non-hydrogen) atoms. The van der Waals surface area contributed by atoms with Crippen molar-refractivity contribution < 1.29 is 9.90 Å². The van der Waals surface area contributed by atoms with Crippen molar-refractivity contribution in [1.29, 1.82) is 0 Å². The molecule has 0 saturated heterocycles. The second-order valence-electron chi connectivity index (χ2n) is 3.48. The molecule has 1 atom stereocenters. The van der Waals surface area contributed by atoms with Gasteiger partial charge in [-0.2, -0.15) is 0 Å². The third kappa shape index (κ3) is 8.15. The fraction of sp³-hybridized carbons (Fsp3) is 0.727. The van der Waals surface area contributed by atoms with Crippen molar-refractivity contribution in [1.82, 2.24) is 5.32 Å². The number of hydrogen-bond donors (Lipinski definition) is 3. The molecule has 4 heteroatoms. The normalized spacial score (nSPS) is 13.2. The van der Waals surface area contributed by atoms with E-state index in [9.17, 15) is 4.79 Å². The van der Waals surface area contributed by atoms with Crippen molar-refractivity contribution in [3.05, 3.63) is 12.2 Å². The van der Waals surface area contributed by atoms with Gasteiger partial charge in [0.15, 0.2) is 0 Å². The first-order valence-corrected chi connectivity index (χ1v) is 5.52. The molecule has 0 aliphatic heterocycles. The Balaban J connectivity index is 3.78. The topological polar surface area (TPSA) is 75.3 Å². The van der Waals surface area contributed by atoms with Crippen LogP contribution in [0.4, 0.5) is 0 Å². The van der Waals surface area contributed by atoms with Gasteiger partial charge in [-0.25, -0.2) is 0 Å². The number of aliphatic hydroxyl groups excluding tert-OH is 1. The SMILES string of the molecule is CCCCCNC(C=CCCO)C(N)=O. The van der Waals surface area contributed by atoms with Crippen LogP contribution in [0.25, 0.3) is 0 Å². The van der Waals surface area contributed by atoms with E-state index in [1.165, 1.54) is 0 Å². The Hall–Kier alpha value is -0.870. The van der Waals surface area contributed by atoms with Gasteiger partial charge in [0, 0.05) is 6.61 Å². The summed E-state index contributed by atoms with van der Waals surface area (Å²) < 4.78 is 0. The highest BCUT2D eigenvalue weighted by molar-refractivity contribution is 5.81. The minimum absolute atomic E-state index is 0.0951. The number of amides is 1. The molecule has 0 aromatic carbocycles. The maximum Gasteiger partial charge on any atom is 0.238 e. The second kappa shape index (κ2) is 9.68. The maximum atomic E-state index is 11.0. The first-order chi connectivity index (χ1) is 7.22. The summed E-state index contributed by atoms with van der Waals surface area (Å²) in [5, 5.41) is 11.6. The minimum Gasteiger partial charge on any atom is -0.396 e. The van der Waals surface area contributed by atoms with Crippen molar-refractivity contribution in [3.8, 4) is 0 Å². The van der Waals surface area contributed by atoms with Crippen LogP contribution in [0.15, 0.2) is 12.2 Å². The van der Waals surface area contributed by atoms with Crippen LogP contribution in [0.2, 0.25) is 0 Å². The van der Waals surface area contributed by atoms with Crippen LogP contribution in [0.1, 0.15) is 32.6 Å². The van der Waals surface area contributed by atoms with Gasteiger partial charge in [-0.1, -0.05) is 31.9 Å². The van der Waals surface area contributed by atoms with Crippen LogP contribution in [-0.2, 0) is 4.79 Å². The van der Waals surface area contributed by atoms with Crippen molar-refractivity contribution in [2.75, 3.05) is 13.2 Å². The molecular weight excluding hydrogens is 192 g/mol. The van der Waals surface area contributed by atoms with Gasteiger partial charge in [0.2, 0.25) is 5.91 Å². The predicted octanol–water partition coefficient (Wildman–Crippen LogP) is 0.559. The first-order valence-electron chi connectivity index (χ1n) is 5.52. The van der Waals surface area contributed by atoms with Gasteiger partial charge in [0.25, 0.3) is 0 Å². The lowest BCUT2D eigenvalue weighted by Crippen LogP contribution is -2.40. The Bertz CT molecular complexity index is 193. The largest absolute Gasteiger partial charge is 0.396 e. The van der Waals surface area contributed by atoms with E-state index in [0.717, 1.165) is 25.8 Å². The molecule has 0 aliphatic carbocycles. The fourth-order valence-electron chi connectivity index (χ4n) is 1.20. The zero-order valence-corrected chi connectivity index (χ0v) is 9.41. The average molecular weight is 214 g/mol. The number of rotatable bonds is 9. The fourth-order valence-corrected chi connectivity index (χ4v) is 1.20. The Morgan fingerprint density at radius 3 is 2.80 bits per heavy atom. The molecule has 0 aromatic rings. The molecule has 0 rings (SSSR count). The minimum atomic E-state index is -0.409. The number of carbonyl (C=O) groups excluding carboxylic acids is 1. The highest BCUT2D eigenvalue weighted by atomic mass is 16.2. The molecule has 0 saturated carbocycles. The number of hydrogen-bond acceptors (Lipinski definition) is 3. The van der Waals surface area contributed by atoms with Gasteiger partial charge in [-0.3, -0.25) is 4.79 Å². The lowest BCUT2D eigenvalue weighted by Gasteiger charge is -2.10. The van der Waals surface area contributed by atoms with Crippen LogP contribution in [0, 0.1) is 0 Å². The lowest BCUT2D eigenvalue weighted by molar-refractivity contribution is -0.118. The summed E-state index contributed by atoms with van der Waals surface area (Å²) in [7, 11) is 0. The lowest BCUT2D eigenvalue weighted by atomic mass is 10.2. The molecule has 0 bridgehead atoms. The van der Waals surface area contributed by atoms with E-state index in [2.05, 4.69) is 12.2 Å². The van der Waals surface area contributed by atoms with Gasteiger partial charge in [-0.05, 0) is 19.4 Å². The predicted molar refractivity (Wildman–Crippen MR) is 61.4 cm³/mol. The highest BCUT2D eigenvalue weighted by Gasteiger charge is 2.09. The van der Waals surface area contributed by atoms with Gasteiger partial charge in [-0.15, -0.1) is 0 Å². The van der Waals surface area contributed by atoms with E-state index in [4.69, 9.17) is 10.8 Å². The third-order valence-electron chi connectivity index (χ3n) is 2.08. The second-order valence-corrected chi connectivity index (χ2v) is 3.48. The van der Waals surface area contributed by atoms with Crippen LogP contribution < -0.4 is 11.1 Å². The first kappa shape index (κ1) is 14.1. The number of carbonyl (C=O) groups is 1. The van der Waals surface area contributed by atoms with E-state index in [1.54, 1.807) is 12.2 Å². The molecule has 1 unspecified atom stereocenters. The summed E-state index contributed by atoms with van der Waals surface area (Å²) in [5.41, 5.74) is 5.22. The van der Waals surface area contributed by atoms with Crippen LogP contribution in [0.3, 0.4) is 0 Å². The summed E-state index contributed by atoms with van der Waals surface area (Å²) in [6.07, 6.45) is 7.39. The van der Waals surface area contributed by atoms with Gasteiger partial charge >= 0.3 is 0 Å². The third-order valence-corrected chi connectivity index (χ3v) is 2.08. The Labute approximate surface area is 91.5 Å². The molecular formula is C11H22N2O2. The molecule has 0 aliphatic rings. The number of aliphatic hydroxyl groups is 1. The van der Waals surface area contributed by atoms with E-state index >= 15 is 0 Å². The van der Waals surface area contributed by atoms with Gasteiger partial charge in [0.1, 0.15) is 6.04 Å². The molecule has 0 aromatic heterocycles. The summed E-state index contributed by atoms with van der Waals surface area (Å²) >= 11 is 0. The van der Waals surface area contributed by atoms with Gasteiger partial charge in [0.05, 0.1) is 0 Å².